The summed E-state index contributed by atoms with van der Waals surface area (Å²) in [4.78, 5) is 4.58. The molecule has 1 aromatic carbocycles. The van der Waals surface area contributed by atoms with Gasteiger partial charge in [0.15, 0.2) is 5.96 Å². The van der Waals surface area contributed by atoms with Crippen LogP contribution in [-0.2, 0) is 0 Å². The van der Waals surface area contributed by atoms with Gasteiger partial charge in [0, 0.05) is 31.3 Å². The molecule has 2 unspecified atom stereocenters. The van der Waals surface area contributed by atoms with Crippen molar-refractivity contribution in [3.8, 4) is 0 Å². The van der Waals surface area contributed by atoms with Crippen molar-refractivity contribution in [2.45, 2.75) is 46.6 Å². The topological polar surface area (TPSA) is 56.7 Å². The van der Waals surface area contributed by atoms with Crippen molar-refractivity contribution < 1.29 is 13.9 Å². The van der Waals surface area contributed by atoms with E-state index in [0.29, 0.717) is 42.9 Å². The Morgan fingerprint density at radius 1 is 1.23 bits per heavy atom. The summed E-state index contributed by atoms with van der Waals surface area (Å²) >= 11 is 0. The fourth-order valence-electron chi connectivity index (χ4n) is 2.81. The largest absolute Gasteiger partial charge is 0.396 e. The Bertz CT molecular complexity index is 556. The minimum absolute atomic E-state index is 0. The van der Waals surface area contributed by atoms with Crippen molar-refractivity contribution in [2.75, 3.05) is 19.7 Å². The molecule has 0 aliphatic rings. The van der Waals surface area contributed by atoms with Gasteiger partial charge in [0.25, 0.3) is 0 Å². The van der Waals surface area contributed by atoms with Crippen LogP contribution in [0.25, 0.3) is 0 Å². The van der Waals surface area contributed by atoms with Crippen molar-refractivity contribution in [1.29, 1.82) is 0 Å². The summed E-state index contributed by atoms with van der Waals surface area (Å²) in [5, 5.41) is 15.5. The molecule has 1 aromatic rings. The maximum Gasteiger partial charge on any atom is 0.191 e. The van der Waals surface area contributed by atoms with E-state index < -0.39 is 11.6 Å². The lowest BCUT2D eigenvalue weighted by atomic mass is 9.94. The Hall–Kier alpha value is -0.960. The molecular weight excluding hydrogens is 451 g/mol. The molecule has 7 heteroatoms. The lowest BCUT2D eigenvalue weighted by Gasteiger charge is -2.20. The SMILES string of the molecule is CCNC(=NCC(CCO)CC(C)C)NC(C)c1ccc(F)cc1F.I. The van der Waals surface area contributed by atoms with Crippen molar-refractivity contribution in [3.63, 3.8) is 0 Å². The van der Waals surface area contributed by atoms with Crippen molar-refractivity contribution in [2.24, 2.45) is 16.8 Å². The molecule has 26 heavy (non-hydrogen) atoms. The third kappa shape index (κ3) is 9.12. The van der Waals surface area contributed by atoms with Crippen LogP contribution in [0, 0.1) is 23.5 Å². The zero-order valence-electron chi connectivity index (χ0n) is 16.1. The van der Waals surface area contributed by atoms with Crippen molar-refractivity contribution in [1.82, 2.24) is 10.6 Å². The summed E-state index contributed by atoms with van der Waals surface area (Å²) in [6, 6.07) is 3.23. The van der Waals surface area contributed by atoms with Gasteiger partial charge in [-0.1, -0.05) is 19.9 Å². The van der Waals surface area contributed by atoms with E-state index >= 15 is 0 Å². The molecule has 0 spiro atoms. The van der Waals surface area contributed by atoms with E-state index in [1.54, 1.807) is 0 Å². The molecule has 0 bridgehead atoms. The number of aliphatic hydroxyl groups is 1. The number of guanidine groups is 1. The summed E-state index contributed by atoms with van der Waals surface area (Å²) in [6.45, 7) is 9.48. The van der Waals surface area contributed by atoms with Gasteiger partial charge < -0.3 is 15.7 Å². The minimum atomic E-state index is -0.588. The normalized spacial score (nSPS) is 13.9. The zero-order valence-corrected chi connectivity index (χ0v) is 18.4. The third-order valence-corrected chi connectivity index (χ3v) is 3.98. The second-order valence-electron chi connectivity index (χ2n) is 6.76. The number of nitrogens with zero attached hydrogens (tertiary/aromatic N) is 1. The number of hydrogen-bond donors (Lipinski definition) is 3. The molecule has 1 rings (SSSR count). The Morgan fingerprint density at radius 3 is 2.46 bits per heavy atom. The fourth-order valence-corrected chi connectivity index (χ4v) is 2.81. The number of halogens is 3. The van der Waals surface area contributed by atoms with Crippen LogP contribution in [0.15, 0.2) is 23.2 Å². The van der Waals surface area contributed by atoms with Crippen molar-refractivity contribution >= 4 is 29.9 Å². The van der Waals surface area contributed by atoms with Crippen LogP contribution >= 0.6 is 24.0 Å². The zero-order chi connectivity index (χ0) is 18.8. The highest BCUT2D eigenvalue weighted by Crippen LogP contribution is 2.18. The molecule has 150 valence electrons. The second-order valence-corrected chi connectivity index (χ2v) is 6.76. The molecule has 0 saturated carbocycles. The van der Waals surface area contributed by atoms with Gasteiger partial charge in [-0.3, -0.25) is 4.99 Å². The summed E-state index contributed by atoms with van der Waals surface area (Å²) in [7, 11) is 0. The Labute approximate surface area is 172 Å². The van der Waals surface area contributed by atoms with E-state index in [0.717, 1.165) is 12.5 Å². The van der Waals surface area contributed by atoms with Gasteiger partial charge in [0.2, 0.25) is 0 Å². The van der Waals surface area contributed by atoms with Gasteiger partial charge in [-0.2, -0.15) is 0 Å². The molecule has 0 aromatic heterocycles. The lowest BCUT2D eigenvalue weighted by molar-refractivity contribution is 0.245. The van der Waals surface area contributed by atoms with Crippen LogP contribution in [-0.4, -0.2) is 30.8 Å². The average molecular weight is 483 g/mol. The second kappa shape index (κ2) is 13.2. The molecule has 2 atom stereocenters. The van der Waals surface area contributed by atoms with Crippen LogP contribution in [0.2, 0.25) is 0 Å². The minimum Gasteiger partial charge on any atom is -0.396 e. The number of hydrogen-bond acceptors (Lipinski definition) is 2. The summed E-state index contributed by atoms with van der Waals surface area (Å²) in [5.74, 6) is 0.265. The highest BCUT2D eigenvalue weighted by atomic mass is 127. The maximum atomic E-state index is 13.9. The van der Waals surface area contributed by atoms with Gasteiger partial charge in [-0.05, 0) is 44.6 Å². The Morgan fingerprint density at radius 2 is 1.92 bits per heavy atom. The number of benzene rings is 1. The van der Waals surface area contributed by atoms with Crippen LogP contribution in [0.5, 0.6) is 0 Å². The highest BCUT2D eigenvalue weighted by Gasteiger charge is 2.14. The van der Waals surface area contributed by atoms with Crippen LogP contribution in [0.4, 0.5) is 8.78 Å². The first-order chi connectivity index (χ1) is 11.9. The molecule has 0 aliphatic carbocycles. The third-order valence-electron chi connectivity index (χ3n) is 3.98. The molecule has 0 radical (unpaired) electrons. The first-order valence-corrected chi connectivity index (χ1v) is 8.98. The molecular formula is C19H32F2IN3O. The monoisotopic (exact) mass is 483 g/mol. The highest BCUT2D eigenvalue weighted by molar-refractivity contribution is 14.0. The van der Waals surface area contributed by atoms with E-state index in [-0.39, 0.29) is 36.6 Å². The molecule has 0 amide bonds. The van der Waals surface area contributed by atoms with Crippen molar-refractivity contribution in [3.05, 3.63) is 35.4 Å². The first kappa shape index (κ1) is 25.0. The predicted octanol–water partition coefficient (Wildman–Crippen LogP) is 4.24. The van der Waals surface area contributed by atoms with Gasteiger partial charge in [-0.15, -0.1) is 24.0 Å². The van der Waals surface area contributed by atoms with E-state index in [1.165, 1.54) is 12.1 Å². The Kier molecular flexibility index (Phi) is 12.8. The van der Waals surface area contributed by atoms with Gasteiger partial charge >= 0.3 is 0 Å². The van der Waals surface area contributed by atoms with Gasteiger partial charge in [0.1, 0.15) is 11.6 Å². The van der Waals surface area contributed by atoms with E-state index in [9.17, 15) is 13.9 Å². The number of nitrogens with one attached hydrogen (secondary N) is 2. The Balaban J connectivity index is 0.00000625. The van der Waals surface area contributed by atoms with Crippen LogP contribution in [0.3, 0.4) is 0 Å². The molecule has 4 nitrogen and oxygen atoms in total. The lowest BCUT2D eigenvalue weighted by Crippen LogP contribution is -2.39. The van der Waals surface area contributed by atoms with Crippen LogP contribution < -0.4 is 10.6 Å². The molecule has 0 saturated heterocycles. The number of aliphatic imine (C=N–C) groups is 1. The van der Waals surface area contributed by atoms with Crippen LogP contribution in [0.1, 0.15) is 52.1 Å². The summed E-state index contributed by atoms with van der Waals surface area (Å²) in [5.41, 5.74) is 0.390. The van der Waals surface area contributed by atoms with Gasteiger partial charge in [-0.25, -0.2) is 8.78 Å². The fraction of sp³-hybridized carbons (Fsp3) is 0.632. The smallest absolute Gasteiger partial charge is 0.191 e. The maximum absolute atomic E-state index is 13.9. The first-order valence-electron chi connectivity index (χ1n) is 8.98. The quantitative estimate of drug-likeness (QED) is 0.280. The standard InChI is InChI=1S/C19H31F2N3O.HI/c1-5-22-19(23-12-15(8-9-25)10-13(2)3)24-14(4)17-7-6-16(20)11-18(17)21;/h6-7,11,13-15,25H,5,8-10,12H2,1-4H3,(H2,22,23,24);1H. The molecule has 0 aliphatic heterocycles. The number of aliphatic hydroxyl groups excluding tert-OH is 1. The van der Waals surface area contributed by atoms with E-state index in [1.807, 2.05) is 13.8 Å². The molecule has 0 fully saturated rings. The van der Waals surface area contributed by atoms with Gasteiger partial charge in [0.05, 0.1) is 6.04 Å². The summed E-state index contributed by atoms with van der Waals surface area (Å²) < 4.78 is 27.0. The predicted molar refractivity (Wildman–Crippen MR) is 114 cm³/mol. The summed E-state index contributed by atoms with van der Waals surface area (Å²) in [6.07, 6.45) is 1.70. The molecule has 0 heterocycles. The van der Waals surface area contributed by atoms with E-state index in [4.69, 9.17) is 0 Å². The number of rotatable bonds is 9. The van der Waals surface area contributed by atoms with E-state index in [2.05, 4.69) is 29.5 Å². The average Bonchev–Trinajstić information content (AvgIpc) is 2.52. The molecule has 3 N–H and O–H groups in total.